The van der Waals surface area contributed by atoms with E-state index in [-0.39, 0.29) is 24.0 Å². The van der Waals surface area contributed by atoms with E-state index in [0.717, 1.165) is 17.1 Å². The first-order valence-electron chi connectivity index (χ1n) is 6.56. The third-order valence-electron chi connectivity index (χ3n) is 2.82. The summed E-state index contributed by atoms with van der Waals surface area (Å²) in [6.07, 6.45) is 3.61. The predicted molar refractivity (Wildman–Crippen MR) is 99.1 cm³/mol. The molecule has 118 valence electrons. The predicted octanol–water partition coefficient (Wildman–Crippen LogP) is 2.09. The summed E-state index contributed by atoms with van der Waals surface area (Å²) in [6.45, 7) is 4.63. The highest BCUT2D eigenvalue weighted by molar-refractivity contribution is 14.0. The van der Waals surface area contributed by atoms with Crippen molar-refractivity contribution in [3.8, 4) is 11.4 Å². The van der Waals surface area contributed by atoms with Crippen LogP contribution in [0.2, 0.25) is 0 Å². The normalized spacial score (nSPS) is 10.7. The molecule has 0 saturated heterocycles. The second kappa shape index (κ2) is 9.08. The van der Waals surface area contributed by atoms with Crippen LogP contribution in [0.3, 0.4) is 0 Å². The van der Waals surface area contributed by atoms with Gasteiger partial charge in [0.2, 0.25) is 0 Å². The molecule has 0 aliphatic heterocycles. The minimum atomic E-state index is 0. The van der Waals surface area contributed by atoms with E-state index in [1.807, 2.05) is 36.5 Å². The Bertz CT molecular complexity index is 621. The number of guanidine groups is 1. The molecule has 0 atom stereocenters. The van der Waals surface area contributed by atoms with Gasteiger partial charge in [0.1, 0.15) is 5.75 Å². The molecule has 2 rings (SSSR count). The molecule has 2 aromatic rings. The maximum absolute atomic E-state index is 5.70. The van der Waals surface area contributed by atoms with Crippen LogP contribution in [0.1, 0.15) is 5.69 Å². The van der Waals surface area contributed by atoms with E-state index < -0.39 is 0 Å². The van der Waals surface area contributed by atoms with E-state index in [1.165, 1.54) is 0 Å². The number of ether oxygens (including phenoxy) is 1. The first-order valence-corrected chi connectivity index (χ1v) is 6.56. The molecule has 0 spiro atoms. The lowest BCUT2D eigenvalue weighted by molar-refractivity contribution is 0.414. The molecule has 7 heteroatoms. The Morgan fingerprint density at radius 3 is 2.77 bits per heavy atom. The lowest BCUT2D eigenvalue weighted by Gasteiger charge is -2.03. The molecule has 0 fully saturated rings. The van der Waals surface area contributed by atoms with Crippen molar-refractivity contribution in [2.45, 2.75) is 6.54 Å². The van der Waals surface area contributed by atoms with Gasteiger partial charge in [-0.15, -0.1) is 30.6 Å². The zero-order valence-corrected chi connectivity index (χ0v) is 14.7. The molecule has 0 aliphatic rings. The van der Waals surface area contributed by atoms with Gasteiger partial charge in [-0.1, -0.05) is 6.08 Å². The van der Waals surface area contributed by atoms with Crippen molar-refractivity contribution in [3.05, 3.63) is 54.9 Å². The topological polar surface area (TPSA) is 77.5 Å². The van der Waals surface area contributed by atoms with Gasteiger partial charge >= 0.3 is 0 Å². The maximum Gasteiger partial charge on any atom is 0.189 e. The van der Waals surface area contributed by atoms with E-state index in [4.69, 9.17) is 10.5 Å². The number of nitrogens with two attached hydrogens (primary N) is 1. The molecular formula is C15H20IN5O. The van der Waals surface area contributed by atoms with Gasteiger partial charge in [-0.3, -0.25) is 0 Å². The number of rotatable bonds is 6. The van der Waals surface area contributed by atoms with Crippen LogP contribution in [0.15, 0.2) is 54.2 Å². The Kier molecular flexibility index (Phi) is 7.44. The minimum absolute atomic E-state index is 0. The molecule has 1 heterocycles. The number of aliphatic imine (C=N–C) groups is 1. The molecule has 1 aromatic carbocycles. The zero-order valence-electron chi connectivity index (χ0n) is 12.4. The van der Waals surface area contributed by atoms with Crippen LogP contribution in [-0.2, 0) is 6.54 Å². The fourth-order valence-electron chi connectivity index (χ4n) is 1.72. The van der Waals surface area contributed by atoms with Crippen molar-refractivity contribution < 1.29 is 4.74 Å². The summed E-state index contributed by atoms with van der Waals surface area (Å²) in [7, 11) is 1.64. The van der Waals surface area contributed by atoms with Crippen molar-refractivity contribution in [1.82, 2.24) is 15.1 Å². The maximum atomic E-state index is 5.70. The van der Waals surface area contributed by atoms with Gasteiger partial charge in [0.25, 0.3) is 0 Å². The van der Waals surface area contributed by atoms with Crippen molar-refractivity contribution in [3.63, 3.8) is 0 Å². The lowest BCUT2D eigenvalue weighted by atomic mass is 10.3. The van der Waals surface area contributed by atoms with Crippen LogP contribution in [0.5, 0.6) is 5.75 Å². The van der Waals surface area contributed by atoms with E-state index in [9.17, 15) is 0 Å². The molecule has 0 bridgehead atoms. The second-order valence-corrected chi connectivity index (χ2v) is 4.32. The Morgan fingerprint density at radius 1 is 1.41 bits per heavy atom. The monoisotopic (exact) mass is 413 g/mol. The van der Waals surface area contributed by atoms with Crippen molar-refractivity contribution in [1.29, 1.82) is 0 Å². The minimum Gasteiger partial charge on any atom is -0.497 e. The summed E-state index contributed by atoms with van der Waals surface area (Å²) < 4.78 is 6.92. The third kappa shape index (κ3) is 5.06. The van der Waals surface area contributed by atoms with Gasteiger partial charge < -0.3 is 15.8 Å². The van der Waals surface area contributed by atoms with E-state index in [0.29, 0.717) is 19.0 Å². The summed E-state index contributed by atoms with van der Waals surface area (Å²) >= 11 is 0. The fourth-order valence-corrected chi connectivity index (χ4v) is 1.72. The smallest absolute Gasteiger partial charge is 0.189 e. The molecule has 0 unspecified atom stereocenters. The number of benzene rings is 1. The van der Waals surface area contributed by atoms with Gasteiger partial charge in [0, 0.05) is 12.7 Å². The van der Waals surface area contributed by atoms with E-state index >= 15 is 0 Å². The molecule has 0 saturated carbocycles. The molecule has 0 radical (unpaired) electrons. The van der Waals surface area contributed by atoms with Crippen LogP contribution in [0, 0.1) is 0 Å². The Balaban J connectivity index is 0.00000242. The van der Waals surface area contributed by atoms with Crippen molar-refractivity contribution in [2.24, 2.45) is 10.7 Å². The first kappa shape index (κ1) is 18.0. The number of hydrogen-bond acceptors (Lipinski definition) is 3. The number of nitrogens with one attached hydrogen (secondary N) is 1. The Hall–Kier alpha value is -2.03. The number of nitrogens with zero attached hydrogens (tertiary/aromatic N) is 3. The highest BCUT2D eigenvalue weighted by atomic mass is 127. The van der Waals surface area contributed by atoms with Gasteiger partial charge in [-0.25, -0.2) is 9.67 Å². The molecule has 0 amide bonds. The fraction of sp³-hybridized carbons (Fsp3) is 0.200. The molecule has 1 aromatic heterocycles. The highest BCUT2D eigenvalue weighted by Gasteiger charge is 2.01. The summed E-state index contributed by atoms with van der Waals surface area (Å²) in [5.41, 5.74) is 7.50. The van der Waals surface area contributed by atoms with Crippen molar-refractivity contribution >= 4 is 29.9 Å². The van der Waals surface area contributed by atoms with Crippen molar-refractivity contribution in [2.75, 3.05) is 13.7 Å². The SMILES string of the molecule is C=CCNC(N)=NCc1ccn(-c2ccc(OC)cc2)n1.I. The van der Waals surface area contributed by atoms with Gasteiger partial charge in [0.05, 0.1) is 25.0 Å². The third-order valence-corrected chi connectivity index (χ3v) is 2.82. The highest BCUT2D eigenvalue weighted by Crippen LogP contribution is 2.14. The van der Waals surface area contributed by atoms with Crippen LogP contribution in [-0.4, -0.2) is 29.4 Å². The average molecular weight is 413 g/mol. The quantitative estimate of drug-likeness (QED) is 0.329. The summed E-state index contributed by atoms with van der Waals surface area (Å²) in [6, 6.07) is 9.59. The van der Waals surface area contributed by atoms with Gasteiger partial charge in [-0.05, 0) is 30.3 Å². The second-order valence-electron chi connectivity index (χ2n) is 4.32. The summed E-state index contributed by atoms with van der Waals surface area (Å²) in [5.74, 6) is 1.20. The largest absolute Gasteiger partial charge is 0.497 e. The number of aromatic nitrogens is 2. The molecule has 0 aliphatic carbocycles. The average Bonchev–Trinajstić information content (AvgIpc) is 3.00. The molecule has 3 N–H and O–H groups in total. The Morgan fingerprint density at radius 2 is 2.14 bits per heavy atom. The molecular weight excluding hydrogens is 393 g/mol. The van der Waals surface area contributed by atoms with Gasteiger partial charge in [0.15, 0.2) is 5.96 Å². The first-order chi connectivity index (χ1) is 10.2. The van der Waals surface area contributed by atoms with E-state index in [1.54, 1.807) is 17.9 Å². The number of hydrogen-bond donors (Lipinski definition) is 2. The zero-order chi connectivity index (χ0) is 15.1. The number of methoxy groups -OCH3 is 1. The number of halogens is 1. The standard InChI is InChI=1S/C15H19N5O.HI/c1-3-9-17-15(16)18-11-12-8-10-20(19-12)13-4-6-14(21-2)7-5-13;/h3-8,10H,1,9,11H2,2H3,(H3,16,17,18);1H. The van der Waals surface area contributed by atoms with Gasteiger partial charge in [-0.2, -0.15) is 5.10 Å². The van der Waals surface area contributed by atoms with Crippen LogP contribution < -0.4 is 15.8 Å². The van der Waals surface area contributed by atoms with Crippen LogP contribution >= 0.6 is 24.0 Å². The lowest BCUT2D eigenvalue weighted by Crippen LogP contribution is -2.31. The summed E-state index contributed by atoms with van der Waals surface area (Å²) in [4.78, 5) is 4.21. The van der Waals surface area contributed by atoms with E-state index in [2.05, 4.69) is 22.0 Å². The molecule has 22 heavy (non-hydrogen) atoms. The Labute approximate surface area is 147 Å². The summed E-state index contributed by atoms with van der Waals surface area (Å²) in [5, 5.41) is 7.37. The van der Waals surface area contributed by atoms with Crippen LogP contribution in [0.25, 0.3) is 5.69 Å². The molecule has 6 nitrogen and oxygen atoms in total. The van der Waals surface area contributed by atoms with Crippen LogP contribution in [0.4, 0.5) is 0 Å².